The lowest BCUT2D eigenvalue weighted by Gasteiger charge is -2.50. The van der Waals surface area contributed by atoms with Crippen molar-refractivity contribution >= 4 is 38.9 Å². The van der Waals surface area contributed by atoms with E-state index in [0.717, 1.165) is 5.56 Å². The Kier molecular flexibility index (Phi) is 8.66. The Morgan fingerprint density at radius 3 is 2.61 bits per heavy atom. The van der Waals surface area contributed by atoms with Crippen LogP contribution in [0.15, 0.2) is 47.5 Å². The highest BCUT2D eigenvalue weighted by atomic mass is 35.5. The molecule has 1 aliphatic carbocycles. The molecule has 2 heterocycles. The number of tetrazole rings is 1. The molecule has 9 nitrogen and oxygen atoms in total. The normalized spacial score (nSPS) is 25.4. The van der Waals surface area contributed by atoms with Gasteiger partial charge in [-0.25, -0.2) is 8.42 Å². The van der Waals surface area contributed by atoms with Crippen molar-refractivity contribution in [2.75, 3.05) is 5.75 Å². The maximum atomic E-state index is 14.2. The van der Waals surface area contributed by atoms with Crippen LogP contribution < -0.4 is 0 Å². The summed E-state index contributed by atoms with van der Waals surface area (Å²) in [6.07, 6.45) is 5.27. The number of carbonyl (C=O) groups is 1. The molecule has 5 atom stereocenters. The molecule has 206 valence electrons. The average molecular weight is 583 g/mol. The number of rotatable bonds is 8. The number of morpholine rings is 1. The number of hydrogen-bond acceptors (Lipinski definition) is 7. The molecule has 0 bridgehead atoms. The molecule has 1 saturated heterocycles. The van der Waals surface area contributed by atoms with Gasteiger partial charge in [0.2, 0.25) is 0 Å². The van der Waals surface area contributed by atoms with Crippen LogP contribution in [0.25, 0.3) is 0 Å². The molecular formula is C26H33Cl2N5O4S. The molecule has 0 radical (unpaired) electrons. The number of benzene rings is 1. The molecule has 1 aromatic heterocycles. The van der Waals surface area contributed by atoms with Crippen LogP contribution in [0.3, 0.4) is 0 Å². The number of ether oxygens (including phenoxy) is 1. The van der Waals surface area contributed by atoms with Gasteiger partial charge in [0.05, 0.1) is 16.5 Å². The fraction of sp³-hybridized carbons (Fsp3) is 0.538. The van der Waals surface area contributed by atoms with E-state index in [1.165, 1.54) is 0 Å². The lowest BCUT2D eigenvalue weighted by atomic mass is 9.82. The molecule has 1 N–H and O–H groups in total. The third-order valence-corrected chi connectivity index (χ3v) is 10.3. The highest BCUT2D eigenvalue weighted by Gasteiger charge is 2.49. The summed E-state index contributed by atoms with van der Waals surface area (Å²) in [6.45, 7) is 6.94. The van der Waals surface area contributed by atoms with Crippen molar-refractivity contribution in [2.24, 2.45) is 5.92 Å². The lowest BCUT2D eigenvalue weighted by Crippen LogP contribution is -2.62. The number of aromatic nitrogens is 4. The first-order chi connectivity index (χ1) is 17.9. The minimum Gasteiger partial charge on any atom is -0.358 e. The van der Waals surface area contributed by atoms with Crippen molar-refractivity contribution in [1.29, 1.82) is 0 Å². The third kappa shape index (κ3) is 6.14. The number of amides is 1. The smallest absolute Gasteiger partial charge is 0.252 e. The molecule has 4 rings (SSSR count). The Hall–Kier alpha value is -2.27. The highest BCUT2D eigenvalue weighted by molar-refractivity contribution is 7.92. The van der Waals surface area contributed by atoms with E-state index >= 15 is 0 Å². The zero-order valence-corrected chi connectivity index (χ0v) is 24.2. The number of allylic oxidation sites excluding steroid dienone is 3. The van der Waals surface area contributed by atoms with E-state index in [9.17, 15) is 13.2 Å². The maximum absolute atomic E-state index is 14.2. The first kappa shape index (κ1) is 28.7. The number of nitrogens with one attached hydrogen (secondary N) is 1. The van der Waals surface area contributed by atoms with Crippen LogP contribution >= 0.6 is 23.2 Å². The zero-order valence-electron chi connectivity index (χ0n) is 21.8. The Balaban J connectivity index is 1.83. The standard InChI is InChI=1S/C26H33Cl2N5O4S/c1-5-20(15-38(35,36)26(2,3)4)33-23(16-9-11-18(27)12-10-16)24(17-7-6-8-19(28)13-17)37-21(25(33)34)14-22-29-31-32-30-22/h6-9,11-13,16,20-21,23-24H,5,10,14-15H2,1-4H3,(H,29,30,31,32). The van der Waals surface area contributed by atoms with Crippen molar-refractivity contribution in [3.8, 4) is 0 Å². The molecule has 1 aromatic carbocycles. The quantitative estimate of drug-likeness (QED) is 0.490. The van der Waals surface area contributed by atoms with E-state index in [-0.39, 0.29) is 24.0 Å². The van der Waals surface area contributed by atoms with Crippen LogP contribution in [0, 0.1) is 5.92 Å². The molecule has 1 aliphatic heterocycles. The summed E-state index contributed by atoms with van der Waals surface area (Å²) in [5.41, 5.74) is 0.792. The van der Waals surface area contributed by atoms with Crippen LogP contribution in [-0.2, 0) is 25.8 Å². The average Bonchev–Trinajstić information content (AvgIpc) is 3.37. The van der Waals surface area contributed by atoms with Gasteiger partial charge in [-0.1, -0.05) is 59.6 Å². The minimum atomic E-state index is -3.55. The number of nitrogens with zero attached hydrogens (tertiary/aromatic N) is 4. The Morgan fingerprint density at radius 2 is 2.03 bits per heavy atom. The van der Waals surface area contributed by atoms with Crippen molar-refractivity contribution in [3.05, 3.63) is 63.9 Å². The number of H-pyrrole nitrogens is 1. The number of carbonyl (C=O) groups excluding carboxylic acids is 1. The summed E-state index contributed by atoms with van der Waals surface area (Å²) in [6, 6.07) is 6.26. The van der Waals surface area contributed by atoms with Crippen LogP contribution in [0.5, 0.6) is 0 Å². The van der Waals surface area contributed by atoms with Crippen LogP contribution in [0.4, 0.5) is 0 Å². The Morgan fingerprint density at radius 1 is 1.26 bits per heavy atom. The Bertz CT molecular complexity index is 1310. The van der Waals surface area contributed by atoms with Gasteiger partial charge in [-0.3, -0.25) is 4.79 Å². The number of hydrogen-bond donors (Lipinski definition) is 1. The van der Waals surface area contributed by atoms with Gasteiger partial charge >= 0.3 is 0 Å². The van der Waals surface area contributed by atoms with Gasteiger partial charge in [0.15, 0.2) is 15.7 Å². The van der Waals surface area contributed by atoms with Gasteiger partial charge in [0, 0.05) is 28.4 Å². The summed E-state index contributed by atoms with van der Waals surface area (Å²) in [5.74, 6) is -0.306. The van der Waals surface area contributed by atoms with Gasteiger partial charge < -0.3 is 9.64 Å². The molecule has 5 unspecified atom stereocenters. The van der Waals surface area contributed by atoms with Crippen LogP contribution in [0.2, 0.25) is 5.02 Å². The largest absolute Gasteiger partial charge is 0.358 e. The first-order valence-electron chi connectivity index (χ1n) is 12.6. The van der Waals surface area contributed by atoms with Crippen molar-refractivity contribution < 1.29 is 17.9 Å². The fourth-order valence-electron chi connectivity index (χ4n) is 4.92. The Labute approximate surface area is 233 Å². The topological polar surface area (TPSA) is 118 Å². The van der Waals surface area contributed by atoms with Crippen molar-refractivity contribution in [2.45, 2.75) is 76.0 Å². The van der Waals surface area contributed by atoms with E-state index in [0.29, 0.717) is 28.7 Å². The summed E-state index contributed by atoms with van der Waals surface area (Å²) < 4.78 is 32.3. The van der Waals surface area contributed by atoms with Crippen LogP contribution in [0.1, 0.15) is 58.0 Å². The molecule has 0 spiro atoms. The number of aromatic amines is 1. The third-order valence-electron chi connectivity index (χ3n) is 7.14. The predicted octanol–water partition coefficient (Wildman–Crippen LogP) is 4.42. The second-order valence-corrected chi connectivity index (χ2v) is 14.3. The van der Waals surface area contributed by atoms with E-state index in [1.54, 1.807) is 31.7 Å². The van der Waals surface area contributed by atoms with E-state index < -0.39 is 38.9 Å². The molecule has 2 aliphatic rings. The number of sulfone groups is 1. The summed E-state index contributed by atoms with van der Waals surface area (Å²) in [5, 5.41) is 15.2. The van der Waals surface area contributed by atoms with E-state index in [1.807, 2.05) is 43.4 Å². The summed E-state index contributed by atoms with van der Waals surface area (Å²) >= 11 is 12.6. The van der Waals surface area contributed by atoms with Gasteiger partial charge in [0.25, 0.3) is 5.91 Å². The lowest BCUT2D eigenvalue weighted by molar-refractivity contribution is -0.181. The second kappa shape index (κ2) is 11.5. The number of halogens is 2. The minimum absolute atomic E-state index is 0.0876. The maximum Gasteiger partial charge on any atom is 0.252 e. The molecule has 38 heavy (non-hydrogen) atoms. The fourth-order valence-corrected chi connectivity index (χ4v) is 6.68. The molecule has 1 amide bonds. The van der Waals surface area contributed by atoms with E-state index in [2.05, 4.69) is 20.6 Å². The van der Waals surface area contributed by atoms with Gasteiger partial charge in [-0.2, -0.15) is 5.21 Å². The highest BCUT2D eigenvalue weighted by Crippen LogP contribution is 2.42. The molecular weight excluding hydrogens is 549 g/mol. The van der Waals surface area contributed by atoms with Gasteiger partial charge in [0.1, 0.15) is 12.2 Å². The summed E-state index contributed by atoms with van der Waals surface area (Å²) in [4.78, 5) is 15.9. The molecule has 0 saturated carbocycles. The second-order valence-electron chi connectivity index (χ2n) is 10.7. The monoisotopic (exact) mass is 581 g/mol. The predicted molar refractivity (Wildman–Crippen MR) is 146 cm³/mol. The molecule has 12 heteroatoms. The van der Waals surface area contributed by atoms with Gasteiger partial charge in [-0.15, -0.1) is 10.2 Å². The molecule has 1 fully saturated rings. The van der Waals surface area contributed by atoms with Crippen molar-refractivity contribution in [3.63, 3.8) is 0 Å². The van der Waals surface area contributed by atoms with Crippen LogP contribution in [-0.4, -0.2) is 68.5 Å². The van der Waals surface area contributed by atoms with Crippen molar-refractivity contribution in [1.82, 2.24) is 25.5 Å². The first-order valence-corrected chi connectivity index (χ1v) is 15.0. The summed E-state index contributed by atoms with van der Waals surface area (Å²) in [7, 11) is -3.55. The van der Waals surface area contributed by atoms with Gasteiger partial charge in [-0.05, 0) is 57.4 Å². The van der Waals surface area contributed by atoms with E-state index in [4.69, 9.17) is 27.9 Å². The SMILES string of the molecule is CCC(CS(=O)(=O)C(C)(C)C)N1C(=O)C(Cc2nn[nH]n2)OC(c2cccc(Cl)c2)C1C1C=CC(Cl)=CC1. The molecule has 2 aromatic rings. The zero-order chi connectivity index (χ0) is 27.7.